The van der Waals surface area contributed by atoms with Crippen molar-refractivity contribution in [2.75, 3.05) is 0 Å². The zero-order chi connectivity index (χ0) is 19.9. The van der Waals surface area contributed by atoms with Crippen LogP contribution >= 0.6 is 0 Å². The van der Waals surface area contributed by atoms with E-state index in [1.807, 2.05) is 19.9 Å². The van der Waals surface area contributed by atoms with Crippen LogP contribution in [0, 0.1) is 11.8 Å². The van der Waals surface area contributed by atoms with Crippen molar-refractivity contribution < 1.29 is 22.8 Å². The molecule has 0 aliphatic heterocycles. The molecule has 0 aliphatic carbocycles. The van der Waals surface area contributed by atoms with Gasteiger partial charge >= 0.3 is 6.18 Å². The number of carbonyl (C=O) groups excluding carboxylic acids is 2. The molecule has 0 aliphatic rings. The number of alkyl halides is 3. The van der Waals surface area contributed by atoms with Gasteiger partial charge in [0.05, 0.1) is 18.0 Å². The molecule has 146 valence electrons. The van der Waals surface area contributed by atoms with E-state index in [1.165, 1.54) is 0 Å². The number of Topliss-reactive ketones (excluding diaryl/α,β-unsaturated/α-hetero) is 1. The number of hydrogen-bond donors (Lipinski definition) is 2. The third-order valence-electron chi connectivity index (χ3n) is 4.31. The Morgan fingerprint density at radius 1 is 1.12 bits per heavy atom. The minimum atomic E-state index is -4.58. The van der Waals surface area contributed by atoms with Gasteiger partial charge < -0.3 is 11.1 Å². The number of nitrogens with one attached hydrogen (secondary N) is 1. The summed E-state index contributed by atoms with van der Waals surface area (Å²) >= 11 is 0. The van der Waals surface area contributed by atoms with Gasteiger partial charge in [0.15, 0.2) is 5.78 Å². The number of nitrogens with two attached hydrogens (primary N) is 1. The molecule has 3 N–H and O–H groups in total. The third kappa shape index (κ3) is 7.15. The molecule has 4 nitrogen and oxygen atoms in total. The van der Waals surface area contributed by atoms with E-state index in [-0.39, 0.29) is 18.6 Å². The van der Waals surface area contributed by atoms with Crippen molar-refractivity contribution in [2.45, 2.75) is 58.3 Å². The monoisotopic (exact) mass is 372 g/mol. The average molecular weight is 372 g/mol. The van der Waals surface area contributed by atoms with Crippen molar-refractivity contribution in [3.8, 4) is 0 Å². The highest BCUT2D eigenvalue weighted by Gasteiger charge is 2.43. The zero-order valence-corrected chi connectivity index (χ0v) is 15.3. The van der Waals surface area contributed by atoms with Crippen LogP contribution in [0.1, 0.15) is 39.2 Å². The molecule has 0 heterocycles. The highest BCUT2D eigenvalue weighted by Crippen LogP contribution is 2.27. The molecule has 1 rings (SSSR count). The van der Waals surface area contributed by atoms with Gasteiger partial charge in [0.25, 0.3) is 0 Å². The molecule has 0 bridgehead atoms. The molecule has 2 unspecified atom stereocenters. The van der Waals surface area contributed by atoms with Crippen molar-refractivity contribution >= 4 is 11.7 Å². The van der Waals surface area contributed by atoms with Crippen LogP contribution < -0.4 is 11.1 Å². The Morgan fingerprint density at radius 2 is 1.69 bits per heavy atom. The molecule has 26 heavy (non-hydrogen) atoms. The van der Waals surface area contributed by atoms with E-state index < -0.39 is 30.1 Å². The first-order valence-corrected chi connectivity index (χ1v) is 8.71. The average Bonchev–Trinajstić information content (AvgIpc) is 2.57. The van der Waals surface area contributed by atoms with Gasteiger partial charge in [0.2, 0.25) is 5.91 Å². The minimum absolute atomic E-state index is 0.206. The maximum atomic E-state index is 12.8. The topological polar surface area (TPSA) is 72.2 Å². The molecule has 1 aromatic rings. The van der Waals surface area contributed by atoms with E-state index in [4.69, 9.17) is 5.73 Å². The van der Waals surface area contributed by atoms with Gasteiger partial charge in [-0.3, -0.25) is 9.59 Å². The highest BCUT2D eigenvalue weighted by atomic mass is 19.4. The first-order valence-electron chi connectivity index (χ1n) is 8.71. The number of halogens is 3. The number of ketones is 1. The maximum Gasteiger partial charge on any atom is 0.393 e. The van der Waals surface area contributed by atoms with E-state index in [1.54, 1.807) is 24.3 Å². The van der Waals surface area contributed by atoms with Crippen LogP contribution in [0.3, 0.4) is 0 Å². The van der Waals surface area contributed by atoms with Crippen LogP contribution in [-0.2, 0) is 16.0 Å². The van der Waals surface area contributed by atoms with Crippen molar-refractivity contribution in [3.63, 3.8) is 0 Å². The van der Waals surface area contributed by atoms with Crippen molar-refractivity contribution in [1.29, 1.82) is 0 Å². The number of carbonyl (C=O) groups is 2. The molecule has 0 radical (unpaired) electrons. The summed E-state index contributed by atoms with van der Waals surface area (Å²) < 4.78 is 38.4. The number of amides is 1. The smallest absolute Gasteiger partial charge is 0.345 e. The summed E-state index contributed by atoms with van der Waals surface area (Å²) in [6.07, 6.45) is -3.46. The van der Waals surface area contributed by atoms with E-state index >= 15 is 0 Å². The summed E-state index contributed by atoms with van der Waals surface area (Å²) in [5.41, 5.74) is 6.28. The molecule has 1 aromatic carbocycles. The van der Waals surface area contributed by atoms with Gasteiger partial charge in [0.1, 0.15) is 0 Å². The SMILES string of the molecule is CC(C)CCC(=O)[C@H](Cc1ccccc1)NC(=O)C(N)C(C)C(F)(F)F. The van der Waals surface area contributed by atoms with Gasteiger partial charge in [-0.25, -0.2) is 0 Å². The number of hydrogen-bond acceptors (Lipinski definition) is 3. The predicted octanol–water partition coefficient (Wildman–Crippen LogP) is 3.24. The van der Waals surface area contributed by atoms with Crippen LogP contribution in [-0.4, -0.2) is 30.0 Å². The normalized spacial score (nSPS) is 15.4. The third-order valence-corrected chi connectivity index (χ3v) is 4.31. The maximum absolute atomic E-state index is 12.8. The Morgan fingerprint density at radius 3 is 2.19 bits per heavy atom. The molecule has 1 amide bonds. The lowest BCUT2D eigenvalue weighted by Crippen LogP contribution is -2.53. The van der Waals surface area contributed by atoms with Gasteiger partial charge in [-0.05, 0) is 24.3 Å². The second kappa shape index (κ2) is 9.71. The Kier molecular flexibility index (Phi) is 8.27. The van der Waals surface area contributed by atoms with E-state index in [0.29, 0.717) is 12.3 Å². The lowest BCUT2D eigenvalue weighted by Gasteiger charge is -2.25. The molecular formula is C19H27F3N2O2. The Hall–Kier alpha value is -1.89. The standard InChI is InChI=1S/C19H27F3N2O2/c1-12(2)9-10-16(25)15(11-14-7-5-4-6-8-14)24-18(26)17(23)13(3)19(20,21)22/h4-8,12-13,15,17H,9-11,23H2,1-3H3,(H,24,26)/t13?,15-,17?/m0/s1. The summed E-state index contributed by atoms with van der Waals surface area (Å²) in [6, 6.07) is 6.36. The van der Waals surface area contributed by atoms with Gasteiger partial charge in [-0.15, -0.1) is 0 Å². The summed E-state index contributed by atoms with van der Waals surface area (Å²) in [7, 11) is 0. The van der Waals surface area contributed by atoms with Crippen molar-refractivity contribution in [2.24, 2.45) is 17.6 Å². The summed E-state index contributed by atoms with van der Waals surface area (Å²) in [4.78, 5) is 24.7. The van der Waals surface area contributed by atoms with Gasteiger partial charge in [-0.2, -0.15) is 13.2 Å². The van der Waals surface area contributed by atoms with Crippen LogP contribution in [0.4, 0.5) is 13.2 Å². The van der Waals surface area contributed by atoms with Gasteiger partial charge in [0, 0.05) is 6.42 Å². The fraction of sp³-hybridized carbons (Fsp3) is 0.579. The second-order valence-corrected chi connectivity index (χ2v) is 7.01. The first kappa shape index (κ1) is 22.2. The largest absolute Gasteiger partial charge is 0.393 e. The molecule has 7 heteroatoms. The molecule has 0 spiro atoms. The van der Waals surface area contributed by atoms with Crippen LogP contribution in [0.2, 0.25) is 0 Å². The quantitative estimate of drug-likeness (QED) is 0.699. The van der Waals surface area contributed by atoms with Gasteiger partial charge in [-0.1, -0.05) is 51.1 Å². The van der Waals surface area contributed by atoms with Crippen LogP contribution in [0.5, 0.6) is 0 Å². The fourth-order valence-corrected chi connectivity index (χ4v) is 2.40. The summed E-state index contributed by atoms with van der Waals surface area (Å²) in [5, 5.41) is 2.43. The summed E-state index contributed by atoms with van der Waals surface area (Å²) in [5.74, 6) is -2.86. The van der Waals surface area contributed by atoms with E-state index in [2.05, 4.69) is 5.32 Å². The zero-order valence-electron chi connectivity index (χ0n) is 15.3. The number of benzene rings is 1. The molecule has 3 atom stereocenters. The van der Waals surface area contributed by atoms with Crippen molar-refractivity contribution in [1.82, 2.24) is 5.32 Å². The molecule has 0 fully saturated rings. The van der Waals surface area contributed by atoms with E-state index in [0.717, 1.165) is 12.5 Å². The lowest BCUT2D eigenvalue weighted by atomic mass is 9.95. The second-order valence-electron chi connectivity index (χ2n) is 7.01. The summed E-state index contributed by atoms with van der Waals surface area (Å²) in [6.45, 7) is 4.80. The molecule has 0 saturated carbocycles. The highest BCUT2D eigenvalue weighted by molar-refractivity contribution is 5.91. The van der Waals surface area contributed by atoms with E-state index in [9.17, 15) is 22.8 Å². The lowest BCUT2D eigenvalue weighted by molar-refractivity contribution is -0.178. The molecule has 0 saturated heterocycles. The predicted molar refractivity (Wildman–Crippen MR) is 94.4 cm³/mol. The van der Waals surface area contributed by atoms with Crippen molar-refractivity contribution in [3.05, 3.63) is 35.9 Å². The fourth-order valence-electron chi connectivity index (χ4n) is 2.40. The first-order chi connectivity index (χ1) is 12.0. The molecular weight excluding hydrogens is 345 g/mol. The Bertz CT molecular complexity index is 588. The van der Waals surface area contributed by atoms with Crippen LogP contribution in [0.15, 0.2) is 30.3 Å². The Balaban J connectivity index is 2.86. The van der Waals surface area contributed by atoms with Crippen LogP contribution in [0.25, 0.3) is 0 Å². The number of rotatable bonds is 9. The Labute approximate surface area is 152 Å². The molecule has 0 aromatic heterocycles. The minimum Gasteiger partial charge on any atom is -0.345 e.